The third-order valence-corrected chi connectivity index (χ3v) is 5.48. The molecular weight excluding hydrogens is 346 g/mol. The SMILES string of the molecule is CCOCCN1C(=O)C2(COc3cc4c(cc32)OCCO4)c2ccccc21. The average Bonchev–Trinajstić information content (AvgIpc) is 3.19. The molecule has 5 rings (SSSR count). The van der Waals surface area contributed by atoms with Crippen LogP contribution in [0.5, 0.6) is 17.2 Å². The van der Waals surface area contributed by atoms with Gasteiger partial charge in [-0.25, -0.2) is 0 Å². The van der Waals surface area contributed by atoms with Gasteiger partial charge in [0.25, 0.3) is 0 Å². The maximum absolute atomic E-state index is 13.6. The number of hydrogen-bond acceptors (Lipinski definition) is 5. The van der Waals surface area contributed by atoms with Crippen LogP contribution in [0, 0.1) is 0 Å². The summed E-state index contributed by atoms with van der Waals surface area (Å²) in [6.07, 6.45) is 0. The van der Waals surface area contributed by atoms with Crippen LogP contribution in [-0.2, 0) is 14.9 Å². The van der Waals surface area contributed by atoms with Crippen LogP contribution in [0.2, 0.25) is 0 Å². The summed E-state index contributed by atoms with van der Waals surface area (Å²) in [6, 6.07) is 11.7. The molecule has 1 atom stereocenters. The Morgan fingerprint density at radius 3 is 2.63 bits per heavy atom. The van der Waals surface area contributed by atoms with Crippen molar-refractivity contribution in [1.82, 2.24) is 0 Å². The highest BCUT2D eigenvalue weighted by Crippen LogP contribution is 2.54. The van der Waals surface area contributed by atoms with Crippen molar-refractivity contribution in [2.75, 3.05) is 44.5 Å². The number of fused-ring (bicyclic) bond motifs is 5. The molecule has 1 spiro atoms. The third-order valence-electron chi connectivity index (χ3n) is 5.48. The lowest BCUT2D eigenvalue weighted by molar-refractivity contribution is -0.122. The van der Waals surface area contributed by atoms with Crippen molar-refractivity contribution >= 4 is 11.6 Å². The molecule has 6 nitrogen and oxygen atoms in total. The van der Waals surface area contributed by atoms with Crippen LogP contribution < -0.4 is 19.1 Å². The first-order valence-corrected chi connectivity index (χ1v) is 9.32. The highest BCUT2D eigenvalue weighted by molar-refractivity contribution is 6.11. The van der Waals surface area contributed by atoms with Crippen molar-refractivity contribution in [3.8, 4) is 17.2 Å². The van der Waals surface area contributed by atoms with Gasteiger partial charge in [-0.1, -0.05) is 18.2 Å². The van der Waals surface area contributed by atoms with E-state index in [0.717, 1.165) is 16.8 Å². The molecule has 3 aliphatic heterocycles. The van der Waals surface area contributed by atoms with Crippen molar-refractivity contribution in [3.63, 3.8) is 0 Å². The van der Waals surface area contributed by atoms with Crippen LogP contribution in [0.1, 0.15) is 18.1 Å². The molecule has 0 bridgehead atoms. The van der Waals surface area contributed by atoms with Gasteiger partial charge in [0.05, 0.1) is 6.61 Å². The van der Waals surface area contributed by atoms with Gasteiger partial charge in [0, 0.05) is 30.5 Å². The topological polar surface area (TPSA) is 57.2 Å². The molecule has 0 aromatic heterocycles. The highest BCUT2D eigenvalue weighted by Gasteiger charge is 2.57. The van der Waals surface area contributed by atoms with Crippen LogP contribution in [0.4, 0.5) is 5.69 Å². The lowest BCUT2D eigenvalue weighted by Crippen LogP contribution is -2.43. The Morgan fingerprint density at radius 1 is 1.04 bits per heavy atom. The summed E-state index contributed by atoms with van der Waals surface area (Å²) in [5.41, 5.74) is 1.91. The molecule has 1 amide bonds. The summed E-state index contributed by atoms with van der Waals surface area (Å²) in [7, 11) is 0. The zero-order chi connectivity index (χ0) is 18.4. The van der Waals surface area contributed by atoms with E-state index in [1.54, 1.807) is 0 Å². The van der Waals surface area contributed by atoms with Crippen molar-refractivity contribution in [1.29, 1.82) is 0 Å². The van der Waals surface area contributed by atoms with Crippen LogP contribution in [0.25, 0.3) is 0 Å². The van der Waals surface area contributed by atoms with Gasteiger partial charge in [-0.05, 0) is 24.6 Å². The molecule has 0 saturated heterocycles. The molecule has 1 unspecified atom stereocenters. The summed E-state index contributed by atoms with van der Waals surface area (Å²) in [4.78, 5) is 15.4. The number of nitrogens with zero attached hydrogens (tertiary/aromatic N) is 1. The van der Waals surface area contributed by atoms with Gasteiger partial charge in [0.1, 0.15) is 31.0 Å². The number of carbonyl (C=O) groups is 1. The van der Waals surface area contributed by atoms with Crippen LogP contribution >= 0.6 is 0 Å². The van der Waals surface area contributed by atoms with Gasteiger partial charge in [-0.2, -0.15) is 0 Å². The van der Waals surface area contributed by atoms with Crippen LogP contribution in [-0.4, -0.2) is 45.5 Å². The quantitative estimate of drug-likeness (QED) is 0.778. The number of ether oxygens (including phenoxy) is 4. The van der Waals surface area contributed by atoms with E-state index in [1.165, 1.54) is 0 Å². The fraction of sp³-hybridized carbons (Fsp3) is 0.381. The standard InChI is InChI=1S/C21H21NO5/c1-2-24-8-7-22-16-6-4-3-5-14(16)21(20(22)23)13-27-17-12-19-18(11-15(17)21)25-9-10-26-19/h3-6,11-12H,2,7-10,13H2,1H3. The molecule has 0 saturated carbocycles. The number of hydrogen-bond donors (Lipinski definition) is 0. The number of carbonyl (C=O) groups excluding carboxylic acids is 1. The number of benzene rings is 2. The summed E-state index contributed by atoms with van der Waals surface area (Å²) in [6.45, 7) is 4.91. The fourth-order valence-corrected chi connectivity index (χ4v) is 4.23. The van der Waals surface area contributed by atoms with Crippen LogP contribution in [0.15, 0.2) is 36.4 Å². The Kier molecular flexibility index (Phi) is 3.75. The van der Waals surface area contributed by atoms with Gasteiger partial charge < -0.3 is 23.8 Å². The fourth-order valence-electron chi connectivity index (χ4n) is 4.23. The molecule has 0 N–H and O–H groups in total. The summed E-state index contributed by atoms with van der Waals surface area (Å²) >= 11 is 0. The molecule has 6 heteroatoms. The maximum Gasteiger partial charge on any atom is 0.245 e. The summed E-state index contributed by atoms with van der Waals surface area (Å²) < 4.78 is 22.9. The Labute approximate surface area is 157 Å². The minimum Gasteiger partial charge on any atom is -0.491 e. The Bertz CT molecular complexity index is 911. The van der Waals surface area contributed by atoms with Crippen molar-refractivity contribution in [2.45, 2.75) is 12.3 Å². The molecule has 3 aliphatic rings. The second kappa shape index (κ2) is 6.16. The van der Waals surface area contributed by atoms with Gasteiger partial charge in [-0.3, -0.25) is 4.79 Å². The van der Waals surface area contributed by atoms with E-state index in [4.69, 9.17) is 18.9 Å². The van der Waals surface area contributed by atoms with E-state index >= 15 is 0 Å². The number of rotatable bonds is 4. The van der Waals surface area contributed by atoms with Crippen molar-refractivity contribution in [3.05, 3.63) is 47.5 Å². The molecule has 0 fully saturated rings. The smallest absolute Gasteiger partial charge is 0.245 e. The first-order chi connectivity index (χ1) is 13.3. The zero-order valence-electron chi connectivity index (χ0n) is 15.2. The Hall–Kier alpha value is -2.73. The van der Waals surface area contributed by atoms with Gasteiger partial charge >= 0.3 is 0 Å². The lowest BCUT2D eigenvalue weighted by Gasteiger charge is -2.24. The first kappa shape index (κ1) is 16.4. The molecule has 0 radical (unpaired) electrons. The molecule has 27 heavy (non-hydrogen) atoms. The van der Waals surface area contributed by atoms with E-state index < -0.39 is 5.41 Å². The predicted molar refractivity (Wildman–Crippen MR) is 99.0 cm³/mol. The van der Waals surface area contributed by atoms with Crippen molar-refractivity contribution < 1.29 is 23.7 Å². The minimum absolute atomic E-state index is 0.0267. The van der Waals surface area contributed by atoms with E-state index in [2.05, 4.69) is 0 Å². The van der Waals surface area contributed by atoms with Gasteiger partial charge in [0.15, 0.2) is 11.5 Å². The molecule has 0 aliphatic carbocycles. The lowest BCUT2D eigenvalue weighted by atomic mass is 9.77. The van der Waals surface area contributed by atoms with E-state index in [9.17, 15) is 4.79 Å². The molecule has 2 aromatic carbocycles. The molecule has 140 valence electrons. The number of para-hydroxylation sites is 1. The second-order valence-corrected chi connectivity index (χ2v) is 6.86. The average molecular weight is 367 g/mol. The second-order valence-electron chi connectivity index (χ2n) is 6.86. The molecule has 3 heterocycles. The number of anilines is 1. The minimum atomic E-state index is -0.839. The predicted octanol–water partition coefficient (Wildman–Crippen LogP) is 2.52. The first-order valence-electron chi connectivity index (χ1n) is 9.32. The van der Waals surface area contributed by atoms with Gasteiger partial charge in [0.2, 0.25) is 5.91 Å². The highest BCUT2D eigenvalue weighted by atomic mass is 16.6. The zero-order valence-corrected chi connectivity index (χ0v) is 15.2. The number of amides is 1. The maximum atomic E-state index is 13.6. The summed E-state index contributed by atoms with van der Waals surface area (Å²) in [5, 5.41) is 0. The third kappa shape index (κ3) is 2.26. The van der Waals surface area contributed by atoms with Gasteiger partial charge in [-0.15, -0.1) is 0 Å². The summed E-state index contributed by atoms with van der Waals surface area (Å²) in [5.74, 6) is 2.06. The molecule has 2 aromatic rings. The Morgan fingerprint density at radius 2 is 1.81 bits per heavy atom. The van der Waals surface area contributed by atoms with E-state index in [0.29, 0.717) is 50.2 Å². The molecular formula is C21H21NO5. The largest absolute Gasteiger partial charge is 0.491 e. The monoisotopic (exact) mass is 367 g/mol. The van der Waals surface area contributed by atoms with E-state index in [1.807, 2.05) is 48.2 Å². The van der Waals surface area contributed by atoms with Crippen LogP contribution in [0.3, 0.4) is 0 Å². The van der Waals surface area contributed by atoms with Crippen molar-refractivity contribution in [2.24, 2.45) is 0 Å². The van der Waals surface area contributed by atoms with E-state index in [-0.39, 0.29) is 12.5 Å². The Balaban J connectivity index is 1.62. The normalized spacial score (nSPS) is 22.0.